The van der Waals surface area contributed by atoms with Gasteiger partial charge in [0, 0.05) is 37.8 Å². The summed E-state index contributed by atoms with van der Waals surface area (Å²) in [5.41, 5.74) is 0.472. The van der Waals surface area contributed by atoms with Gasteiger partial charge in [0.1, 0.15) is 6.04 Å². The molecule has 1 unspecified atom stereocenters. The van der Waals surface area contributed by atoms with E-state index < -0.39 is 22.8 Å². The SMILES string of the molecule is COCCC(NC(=O)c1ccc([N+](=O)[O-])cc1C)C(=O)O. The lowest BCUT2D eigenvalue weighted by Crippen LogP contribution is -2.41. The van der Waals surface area contributed by atoms with Crippen LogP contribution in [0.3, 0.4) is 0 Å². The van der Waals surface area contributed by atoms with Crippen molar-refractivity contribution in [3.63, 3.8) is 0 Å². The first-order valence-corrected chi connectivity index (χ1v) is 6.14. The Morgan fingerprint density at radius 1 is 1.48 bits per heavy atom. The molecule has 21 heavy (non-hydrogen) atoms. The van der Waals surface area contributed by atoms with Crippen molar-refractivity contribution in [1.82, 2.24) is 5.32 Å². The molecule has 114 valence electrons. The molecular formula is C13H16N2O6. The number of nitrogens with one attached hydrogen (secondary N) is 1. The summed E-state index contributed by atoms with van der Waals surface area (Å²) in [7, 11) is 1.43. The fourth-order valence-electron chi connectivity index (χ4n) is 1.75. The highest BCUT2D eigenvalue weighted by molar-refractivity contribution is 5.98. The van der Waals surface area contributed by atoms with E-state index in [0.29, 0.717) is 5.56 Å². The van der Waals surface area contributed by atoms with Crippen molar-refractivity contribution < 1.29 is 24.4 Å². The Labute approximate surface area is 120 Å². The summed E-state index contributed by atoms with van der Waals surface area (Å²) in [6, 6.07) is 2.69. The second-order valence-corrected chi connectivity index (χ2v) is 4.40. The summed E-state index contributed by atoms with van der Waals surface area (Å²) in [6.07, 6.45) is 0.129. The molecule has 0 spiro atoms. The number of rotatable bonds is 7. The molecule has 1 aromatic carbocycles. The average Bonchev–Trinajstić information content (AvgIpc) is 2.42. The van der Waals surface area contributed by atoms with Crippen molar-refractivity contribution in [2.45, 2.75) is 19.4 Å². The van der Waals surface area contributed by atoms with Gasteiger partial charge in [-0.2, -0.15) is 0 Å². The maximum Gasteiger partial charge on any atom is 0.326 e. The van der Waals surface area contributed by atoms with Crippen LogP contribution in [0.2, 0.25) is 0 Å². The fourth-order valence-corrected chi connectivity index (χ4v) is 1.75. The van der Waals surface area contributed by atoms with E-state index in [-0.39, 0.29) is 24.3 Å². The number of carbonyl (C=O) groups excluding carboxylic acids is 1. The number of aryl methyl sites for hydroxylation is 1. The van der Waals surface area contributed by atoms with Crippen LogP contribution in [0.1, 0.15) is 22.3 Å². The van der Waals surface area contributed by atoms with Gasteiger partial charge in [0.25, 0.3) is 11.6 Å². The second kappa shape index (κ2) is 7.34. The smallest absolute Gasteiger partial charge is 0.326 e. The number of hydrogen-bond donors (Lipinski definition) is 2. The number of non-ortho nitro benzene ring substituents is 1. The summed E-state index contributed by atoms with van der Waals surface area (Å²) in [4.78, 5) is 33.2. The lowest BCUT2D eigenvalue weighted by atomic mass is 10.1. The largest absolute Gasteiger partial charge is 0.480 e. The molecule has 0 heterocycles. The Bertz CT molecular complexity index is 558. The van der Waals surface area contributed by atoms with Crippen LogP contribution in [0.15, 0.2) is 18.2 Å². The van der Waals surface area contributed by atoms with Crippen LogP contribution in [-0.2, 0) is 9.53 Å². The van der Waals surface area contributed by atoms with Crippen molar-refractivity contribution in [3.05, 3.63) is 39.4 Å². The molecule has 1 atom stereocenters. The van der Waals surface area contributed by atoms with Crippen molar-refractivity contribution >= 4 is 17.6 Å². The van der Waals surface area contributed by atoms with Crippen LogP contribution < -0.4 is 5.32 Å². The van der Waals surface area contributed by atoms with Gasteiger partial charge in [0.05, 0.1) is 4.92 Å². The number of aliphatic carboxylic acids is 1. The minimum Gasteiger partial charge on any atom is -0.480 e. The van der Waals surface area contributed by atoms with Gasteiger partial charge in [0.2, 0.25) is 0 Å². The quantitative estimate of drug-likeness (QED) is 0.575. The number of nitro benzene ring substituents is 1. The first-order valence-electron chi connectivity index (χ1n) is 6.14. The van der Waals surface area contributed by atoms with Gasteiger partial charge in [-0.05, 0) is 18.6 Å². The molecule has 8 nitrogen and oxygen atoms in total. The first-order chi connectivity index (χ1) is 9.86. The number of carbonyl (C=O) groups is 2. The number of hydrogen-bond acceptors (Lipinski definition) is 5. The number of amides is 1. The molecule has 0 aliphatic carbocycles. The van der Waals surface area contributed by atoms with E-state index in [1.54, 1.807) is 6.92 Å². The zero-order valence-electron chi connectivity index (χ0n) is 11.7. The van der Waals surface area contributed by atoms with Crippen LogP contribution in [0, 0.1) is 17.0 Å². The van der Waals surface area contributed by atoms with Crippen molar-refractivity contribution in [2.24, 2.45) is 0 Å². The summed E-state index contributed by atoms with van der Waals surface area (Å²) in [5, 5.41) is 22.0. The van der Waals surface area contributed by atoms with Crippen LogP contribution in [0.4, 0.5) is 5.69 Å². The molecule has 0 aliphatic heterocycles. The molecular weight excluding hydrogens is 280 g/mol. The Balaban J connectivity index is 2.87. The number of nitrogens with zero attached hydrogens (tertiary/aromatic N) is 1. The topological polar surface area (TPSA) is 119 Å². The van der Waals surface area contributed by atoms with Crippen LogP contribution >= 0.6 is 0 Å². The highest BCUT2D eigenvalue weighted by Gasteiger charge is 2.21. The van der Waals surface area contributed by atoms with Crippen molar-refractivity contribution in [3.8, 4) is 0 Å². The number of methoxy groups -OCH3 is 1. The Hall–Kier alpha value is -2.48. The lowest BCUT2D eigenvalue weighted by molar-refractivity contribution is -0.384. The third-order valence-corrected chi connectivity index (χ3v) is 2.88. The molecule has 0 bridgehead atoms. The summed E-state index contributed by atoms with van der Waals surface area (Å²) in [5.74, 6) is -1.76. The molecule has 2 N–H and O–H groups in total. The van der Waals surface area contributed by atoms with Crippen molar-refractivity contribution in [1.29, 1.82) is 0 Å². The zero-order chi connectivity index (χ0) is 16.0. The van der Waals surface area contributed by atoms with Gasteiger partial charge in [-0.25, -0.2) is 4.79 Å². The monoisotopic (exact) mass is 296 g/mol. The van der Waals surface area contributed by atoms with Gasteiger partial charge in [-0.15, -0.1) is 0 Å². The Kier molecular flexibility index (Phi) is 5.79. The maximum absolute atomic E-state index is 12.0. The van der Waals surface area contributed by atoms with Crippen LogP contribution in [-0.4, -0.2) is 41.7 Å². The minimum atomic E-state index is -1.17. The van der Waals surface area contributed by atoms with Crippen LogP contribution in [0.25, 0.3) is 0 Å². The van der Waals surface area contributed by atoms with E-state index in [4.69, 9.17) is 9.84 Å². The summed E-state index contributed by atoms with van der Waals surface area (Å²) in [6.45, 7) is 1.74. The number of carboxylic acid groups (broad SMARTS) is 1. The standard InChI is InChI=1S/C13H16N2O6/c1-8-7-9(15(19)20)3-4-10(8)12(16)14-11(13(17)18)5-6-21-2/h3-4,7,11H,5-6H2,1-2H3,(H,14,16)(H,17,18). The van der Waals surface area contributed by atoms with Crippen LogP contribution in [0.5, 0.6) is 0 Å². The highest BCUT2D eigenvalue weighted by atomic mass is 16.6. The fraction of sp³-hybridized carbons (Fsp3) is 0.385. The molecule has 1 rings (SSSR count). The van der Waals surface area contributed by atoms with Gasteiger partial charge in [-0.1, -0.05) is 0 Å². The van der Waals surface area contributed by atoms with Gasteiger partial charge in [0.15, 0.2) is 0 Å². The van der Waals surface area contributed by atoms with E-state index in [1.807, 2.05) is 0 Å². The third kappa shape index (κ3) is 4.53. The molecule has 0 aliphatic rings. The number of ether oxygens (including phenoxy) is 1. The number of benzene rings is 1. The van der Waals surface area contributed by atoms with Gasteiger partial charge >= 0.3 is 5.97 Å². The molecule has 0 saturated carbocycles. The van der Waals surface area contributed by atoms with Gasteiger partial charge < -0.3 is 15.2 Å². The zero-order valence-corrected chi connectivity index (χ0v) is 11.7. The maximum atomic E-state index is 12.0. The molecule has 0 saturated heterocycles. The Morgan fingerprint density at radius 2 is 2.14 bits per heavy atom. The second-order valence-electron chi connectivity index (χ2n) is 4.40. The molecule has 1 amide bonds. The molecule has 1 aromatic rings. The molecule has 8 heteroatoms. The normalized spacial score (nSPS) is 11.7. The Morgan fingerprint density at radius 3 is 2.62 bits per heavy atom. The van der Waals surface area contributed by atoms with E-state index >= 15 is 0 Å². The first kappa shape index (κ1) is 16.6. The average molecular weight is 296 g/mol. The van der Waals surface area contributed by atoms with Gasteiger partial charge in [-0.3, -0.25) is 14.9 Å². The molecule has 0 fully saturated rings. The van der Waals surface area contributed by atoms with E-state index in [2.05, 4.69) is 5.32 Å². The summed E-state index contributed by atoms with van der Waals surface area (Å²) >= 11 is 0. The number of nitro groups is 1. The third-order valence-electron chi connectivity index (χ3n) is 2.88. The highest BCUT2D eigenvalue weighted by Crippen LogP contribution is 2.17. The van der Waals surface area contributed by atoms with E-state index in [9.17, 15) is 19.7 Å². The lowest BCUT2D eigenvalue weighted by Gasteiger charge is -2.14. The number of carboxylic acids is 1. The summed E-state index contributed by atoms with van der Waals surface area (Å²) < 4.78 is 4.79. The predicted molar refractivity (Wildman–Crippen MR) is 73.2 cm³/mol. The predicted octanol–water partition coefficient (Wildman–Crippen LogP) is 1.12. The van der Waals surface area contributed by atoms with E-state index in [0.717, 1.165) is 0 Å². The minimum absolute atomic E-state index is 0.127. The van der Waals surface area contributed by atoms with E-state index in [1.165, 1.54) is 25.3 Å². The molecule has 0 aromatic heterocycles. The molecule has 0 radical (unpaired) electrons. The van der Waals surface area contributed by atoms with Crippen molar-refractivity contribution in [2.75, 3.05) is 13.7 Å².